The molecular formula is C31H37N3O4S. The van der Waals surface area contributed by atoms with Crippen molar-refractivity contribution in [3.63, 3.8) is 0 Å². The van der Waals surface area contributed by atoms with E-state index < -0.39 is 5.97 Å². The number of carboxylic acids is 1. The lowest BCUT2D eigenvalue weighted by molar-refractivity contribution is -0.144. The van der Waals surface area contributed by atoms with Crippen molar-refractivity contribution < 1.29 is 19.4 Å². The fourth-order valence-electron chi connectivity index (χ4n) is 6.55. The van der Waals surface area contributed by atoms with Crippen LogP contribution in [0, 0.1) is 31.6 Å². The van der Waals surface area contributed by atoms with Crippen LogP contribution in [-0.2, 0) is 22.7 Å². The van der Waals surface area contributed by atoms with Gasteiger partial charge in [-0.3, -0.25) is 9.69 Å². The Morgan fingerprint density at radius 3 is 2.59 bits per heavy atom. The topological polar surface area (TPSA) is 75.1 Å². The molecule has 0 spiro atoms. The maximum atomic E-state index is 11.7. The average molecular weight is 548 g/mol. The van der Waals surface area contributed by atoms with Crippen molar-refractivity contribution in [3.05, 3.63) is 64.0 Å². The van der Waals surface area contributed by atoms with E-state index in [4.69, 9.17) is 14.5 Å². The third-order valence-corrected chi connectivity index (χ3v) is 9.56. The first-order chi connectivity index (χ1) is 19.0. The summed E-state index contributed by atoms with van der Waals surface area (Å²) in [5.74, 6) is 0.473. The number of nitrogens with zero attached hydrogens (tertiary/aromatic N) is 3. The number of hydrogen-bond acceptors (Lipinski definition) is 7. The highest BCUT2D eigenvalue weighted by Gasteiger charge is 2.46. The zero-order valence-electron chi connectivity index (χ0n) is 22.8. The van der Waals surface area contributed by atoms with Crippen LogP contribution < -0.4 is 9.64 Å². The number of carbonyl (C=O) groups is 1. The van der Waals surface area contributed by atoms with Crippen molar-refractivity contribution in [2.24, 2.45) is 17.8 Å². The van der Waals surface area contributed by atoms with Gasteiger partial charge in [0.1, 0.15) is 12.4 Å². The smallest absolute Gasteiger partial charge is 0.307 e. The number of rotatable bonds is 8. The number of anilines is 1. The number of aliphatic carboxylic acids is 1. The minimum Gasteiger partial charge on any atom is -0.488 e. The van der Waals surface area contributed by atoms with Gasteiger partial charge in [-0.1, -0.05) is 30.3 Å². The molecule has 0 radical (unpaired) electrons. The second kappa shape index (κ2) is 11.3. The van der Waals surface area contributed by atoms with E-state index >= 15 is 0 Å². The first kappa shape index (κ1) is 26.3. The predicted molar refractivity (Wildman–Crippen MR) is 153 cm³/mol. The van der Waals surface area contributed by atoms with Gasteiger partial charge in [-0.2, -0.15) is 0 Å². The van der Waals surface area contributed by atoms with Gasteiger partial charge in [-0.25, -0.2) is 4.98 Å². The first-order valence-electron chi connectivity index (χ1n) is 14.0. The maximum absolute atomic E-state index is 11.7. The minimum atomic E-state index is -0.634. The van der Waals surface area contributed by atoms with Gasteiger partial charge in [-0.15, -0.1) is 11.3 Å². The Morgan fingerprint density at radius 2 is 1.87 bits per heavy atom. The Labute approximate surface area is 234 Å². The van der Waals surface area contributed by atoms with E-state index in [1.165, 1.54) is 16.7 Å². The standard InChI is InChI=1S/C31H37N3O4S/c1-20-4-3-5-26(27-19-39-31(32-27)34-16-23-8-9-24(17-34)28(23)30(35)36)29(20)38-18-25-7-6-22(14-21(25)2)15-33-10-12-37-13-11-33/h3-7,14,19,23-24,28H,8-13,15-18H2,1-2H3,(H,35,36). The molecule has 2 saturated heterocycles. The number of hydrogen-bond donors (Lipinski definition) is 1. The number of fused-ring (bicyclic) bond motifs is 2. The summed E-state index contributed by atoms with van der Waals surface area (Å²) < 4.78 is 12.0. The minimum absolute atomic E-state index is 0.200. The highest BCUT2D eigenvalue weighted by atomic mass is 32.1. The molecule has 7 nitrogen and oxygen atoms in total. The van der Waals surface area contributed by atoms with Crippen LogP contribution in [0.3, 0.4) is 0 Å². The predicted octanol–water partition coefficient (Wildman–Crippen LogP) is 5.39. The van der Waals surface area contributed by atoms with Crippen LogP contribution in [0.1, 0.15) is 35.1 Å². The van der Waals surface area contributed by atoms with Crippen LogP contribution in [0.5, 0.6) is 5.75 Å². The zero-order valence-corrected chi connectivity index (χ0v) is 23.6. The molecule has 39 heavy (non-hydrogen) atoms. The van der Waals surface area contributed by atoms with E-state index in [1.54, 1.807) is 11.3 Å². The van der Waals surface area contributed by atoms with Crippen molar-refractivity contribution in [3.8, 4) is 17.0 Å². The fraction of sp³-hybridized carbons (Fsp3) is 0.484. The lowest BCUT2D eigenvalue weighted by Crippen LogP contribution is -2.44. The zero-order chi connectivity index (χ0) is 26.9. The number of ether oxygens (including phenoxy) is 2. The summed E-state index contributed by atoms with van der Waals surface area (Å²) >= 11 is 1.64. The molecule has 206 valence electrons. The molecule has 3 aromatic rings. The molecule has 2 aliphatic heterocycles. The number of morpholine rings is 1. The summed E-state index contributed by atoms with van der Waals surface area (Å²) in [7, 11) is 0. The molecule has 6 rings (SSSR count). The SMILES string of the molecule is Cc1cc(CN2CCOCC2)ccc1COc1c(C)cccc1-c1csc(N2CC3CCC(C2)C3C(=O)O)n1. The second-order valence-corrected chi connectivity index (χ2v) is 12.1. The van der Waals surface area contributed by atoms with Crippen LogP contribution in [0.15, 0.2) is 41.8 Å². The Bertz CT molecular complexity index is 1320. The van der Waals surface area contributed by atoms with Crippen molar-refractivity contribution in [1.82, 2.24) is 9.88 Å². The van der Waals surface area contributed by atoms with Crippen molar-refractivity contribution in [1.29, 1.82) is 0 Å². The molecule has 3 aliphatic rings. The molecule has 1 aliphatic carbocycles. The molecule has 2 unspecified atom stereocenters. The van der Waals surface area contributed by atoms with Crippen LogP contribution in [-0.4, -0.2) is 60.4 Å². The van der Waals surface area contributed by atoms with Gasteiger partial charge in [0.2, 0.25) is 0 Å². The van der Waals surface area contributed by atoms with E-state index in [2.05, 4.69) is 65.4 Å². The summed E-state index contributed by atoms with van der Waals surface area (Å²) in [5, 5.41) is 12.7. The lowest BCUT2D eigenvalue weighted by atomic mass is 9.85. The van der Waals surface area contributed by atoms with E-state index in [1.807, 2.05) is 0 Å². The van der Waals surface area contributed by atoms with Gasteiger partial charge >= 0.3 is 5.97 Å². The number of aryl methyl sites for hydroxylation is 2. The van der Waals surface area contributed by atoms with Crippen molar-refractivity contribution in [2.45, 2.75) is 39.8 Å². The second-order valence-electron chi connectivity index (χ2n) is 11.3. The summed E-state index contributed by atoms with van der Waals surface area (Å²) in [6, 6.07) is 12.9. The third-order valence-electron chi connectivity index (χ3n) is 8.66. The van der Waals surface area contributed by atoms with Gasteiger partial charge in [0, 0.05) is 43.7 Å². The van der Waals surface area contributed by atoms with Gasteiger partial charge in [0.05, 0.1) is 24.8 Å². The van der Waals surface area contributed by atoms with Gasteiger partial charge in [0.25, 0.3) is 0 Å². The van der Waals surface area contributed by atoms with E-state index in [9.17, 15) is 9.90 Å². The van der Waals surface area contributed by atoms with Gasteiger partial charge in [-0.05, 0) is 66.8 Å². The third kappa shape index (κ3) is 5.55. The van der Waals surface area contributed by atoms with Crippen LogP contribution >= 0.6 is 11.3 Å². The number of aromatic nitrogens is 1. The van der Waals surface area contributed by atoms with Crippen molar-refractivity contribution in [2.75, 3.05) is 44.3 Å². The fourth-order valence-corrected chi connectivity index (χ4v) is 7.39. The van der Waals surface area contributed by atoms with Gasteiger partial charge < -0.3 is 19.5 Å². The van der Waals surface area contributed by atoms with E-state index in [0.717, 1.165) is 86.5 Å². The molecule has 1 N–H and O–H groups in total. The average Bonchev–Trinajstić information content (AvgIpc) is 3.52. The molecule has 2 bridgehead atoms. The normalized spacial score (nSPS) is 23.2. The lowest BCUT2D eigenvalue weighted by Gasteiger charge is -2.35. The largest absolute Gasteiger partial charge is 0.488 e. The molecule has 2 atom stereocenters. The Balaban J connectivity index is 1.15. The molecule has 2 aromatic carbocycles. The van der Waals surface area contributed by atoms with E-state index in [0.29, 0.717) is 6.61 Å². The molecule has 0 amide bonds. The quantitative estimate of drug-likeness (QED) is 0.406. The van der Waals surface area contributed by atoms with Crippen LogP contribution in [0.4, 0.5) is 5.13 Å². The number of benzene rings is 2. The maximum Gasteiger partial charge on any atom is 0.307 e. The highest BCUT2D eigenvalue weighted by Crippen LogP contribution is 2.44. The Morgan fingerprint density at radius 1 is 1.10 bits per heavy atom. The number of para-hydroxylation sites is 1. The summed E-state index contributed by atoms with van der Waals surface area (Å²) in [6.07, 6.45) is 2.00. The molecular weight excluding hydrogens is 510 g/mol. The van der Waals surface area contributed by atoms with Gasteiger partial charge in [0.15, 0.2) is 5.13 Å². The molecule has 3 fully saturated rings. The van der Waals surface area contributed by atoms with Crippen LogP contribution in [0.2, 0.25) is 0 Å². The summed E-state index contributed by atoms with van der Waals surface area (Å²) in [6.45, 7) is 10.9. The van der Waals surface area contributed by atoms with Crippen LogP contribution in [0.25, 0.3) is 11.3 Å². The molecule has 3 heterocycles. The number of piperidine rings is 1. The summed E-state index contributed by atoms with van der Waals surface area (Å²) in [5.41, 5.74) is 6.76. The monoisotopic (exact) mass is 547 g/mol. The van der Waals surface area contributed by atoms with E-state index in [-0.39, 0.29) is 17.8 Å². The number of thiazole rings is 1. The van der Waals surface area contributed by atoms with Crippen molar-refractivity contribution >= 4 is 22.4 Å². The Hall–Kier alpha value is -2.94. The molecule has 1 aromatic heterocycles. The number of carboxylic acid groups (broad SMARTS) is 1. The summed E-state index contributed by atoms with van der Waals surface area (Å²) in [4.78, 5) is 21.5. The molecule has 1 saturated carbocycles. The Kier molecular flexibility index (Phi) is 7.60. The molecule has 8 heteroatoms. The first-order valence-corrected chi connectivity index (χ1v) is 14.9. The highest BCUT2D eigenvalue weighted by molar-refractivity contribution is 7.14.